The summed E-state index contributed by atoms with van der Waals surface area (Å²) in [6, 6.07) is 24.4. The Hall–Kier alpha value is -3.70. The number of amides is 1. The van der Waals surface area contributed by atoms with Crippen LogP contribution in [0.15, 0.2) is 78.9 Å². The van der Waals surface area contributed by atoms with Crippen LogP contribution in [-0.4, -0.2) is 20.9 Å². The number of halogens is 1. The fraction of sp³-hybridized carbons (Fsp3) is 0.0800. The summed E-state index contributed by atoms with van der Waals surface area (Å²) in [4.78, 5) is 25.9. The summed E-state index contributed by atoms with van der Waals surface area (Å²) in [5.41, 5.74) is 4.76. The van der Waals surface area contributed by atoms with Gasteiger partial charge in [-0.3, -0.25) is 4.79 Å². The Bertz CT molecular complexity index is 1380. The van der Waals surface area contributed by atoms with E-state index in [0.717, 1.165) is 33.2 Å². The van der Waals surface area contributed by atoms with Gasteiger partial charge in [-0.2, -0.15) is 0 Å². The van der Waals surface area contributed by atoms with Crippen molar-refractivity contribution in [3.63, 3.8) is 0 Å². The molecule has 2 N–H and O–H groups in total. The fourth-order valence-corrected chi connectivity index (χ4v) is 3.78. The molecule has 1 amide bonds. The minimum Gasteiger partial charge on any atom is -0.342 e. The monoisotopic (exact) mass is 426 g/mol. The van der Waals surface area contributed by atoms with Gasteiger partial charge in [0, 0.05) is 16.0 Å². The number of imidazole rings is 1. The number of carbonyl (C=O) groups is 1. The molecule has 152 valence electrons. The van der Waals surface area contributed by atoms with Crippen LogP contribution >= 0.6 is 11.6 Å². The second kappa shape index (κ2) is 7.85. The Morgan fingerprint density at radius 1 is 0.935 bits per heavy atom. The lowest BCUT2D eigenvalue weighted by molar-refractivity contribution is 0.0940. The van der Waals surface area contributed by atoms with Crippen LogP contribution in [0.1, 0.15) is 29.1 Å². The standard InChI is InChI=1S/C25H19ClN4O/c1-15(24-29-21-8-4-5-9-22(21)30-24)27-25(31)19-14-23(16-10-12-17(26)13-11-16)28-20-7-3-2-6-18(19)20/h2-15H,1H3,(H,27,31)(H,29,30)/t15-/m0/s1. The molecule has 5 aromatic rings. The highest BCUT2D eigenvalue weighted by atomic mass is 35.5. The molecule has 5 rings (SSSR count). The molecule has 0 aliphatic rings. The van der Waals surface area contributed by atoms with Crippen molar-refractivity contribution >= 4 is 39.4 Å². The SMILES string of the molecule is C[C@H](NC(=O)c1cc(-c2ccc(Cl)cc2)nc2ccccc12)c1nc2ccccc2[nH]1. The zero-order valence-electron chi connectivity index (χ0n) is 16.8. The quantitative estimate of drug-likeness (QED) is 0.374. The summed E-state index contributed by atoms with van der Waals surface area (Å²) in [7, 11) is 0. The zero-order valence-corrected chi connectivity index (χ0v) is 17.5. The van der Waals surface area contributed by atoms with E-state index < -0.39 is 0 Å². The van der Waals surface area contributed by atoms with Gasteiger partial charge in [-0.1, -0.05) is 54.1 Å². The van der Waals surface area contributed by atoms with Gasteiger partial charge in [0.05, 0.1) is 33.8 Å². The first-order valence-electron chi connectivity index (χ1n) is 10.00. The Labute approximate surface area is 184 Å². The molecule has 2 aromatic heterocycles. The van der Waals surface area contributed by atoms with Gasteiger partial charge in [-0.05, 0) is 43.3 Å². The molecule has 0 aliphatic heterocycles. The molecule has 0 saturated heterocycles. The molecule has 31 heavy (non-hydrogen) atoms. The lowest BCUT2D eigenvalue weighted by Gasteiger charge is -2.14. The molecule has 0 fully saturated rings. The van der Waals surface area contributed by atoms with Crippen LogP contribution in [0.3, 0.4) is 0 Å². The molecule has 6 heteroatoms. The first kappa shape index (κ1) is 19.3. The van der Waals surface area contributed by atoms with Crippen molar-refractivity contribution < 1.29 is 4.79 Å². The Kier molecular flexibility index (Phi) is 4.88. The highest BCUT2D eigenvalue weighted by Crippen LogP contribution is 2.26. The molecular formula is C25H19ClN4O. The predicted molar refractivity (Wildman–Crippen MR) is 124 cm³/mol. The van der Waals surface area contributed by atoms with Gasteiger partial charge in [-0.15, -0.1) is 0 Å². The van der Waals surface area contributed by atoms with Crippen molar-refractivity contribution in [2.24, 2.45) is 0 Å². The Morgan fingerprint density at radius 2 is 1.65 bits per heavy atom. The lowest BCUT2D eigenvalue weighted by Crippen LogP contribution is -2.27. The molecule has 5 nitrogen and oxygen atoms in total. The van der Waals surface area contributed by atoms with E-state index >= 15 is 0 Å². The van der Waals surface area contributed by atoms with Crippen molar-refractivity contribution in [3.05, 3.63) is 95.3 Å². The molecule has 0 bridgehead atoms. The second-order valence-corrected chi connectivity index (χ2v) is 7.85. The number of hydrogen-bond donors (Lipinski definition) is 2. The highest BCUT2D eigenvalue weighted by molar-refractivity contribution is 6.30. The van der Waals surface area contributed by atoms with E-state index in [9.17, 15) is 4.79 Å². The van der Waals surface area contributed by atoms with E-state index in [4.69, 9.17) is 16.6 Å². The van der Waals surface area contributed by atoms with Gasteiger partial charge in [-0.25, -0.2) is 9.97 Å². The number of aromatic amines is 1. The predicted octanol–water partition coefficient (Wildman–Crippen LogP) is 5.92. The maximum atomic E-state index is 13.3. The number of hydrogen-bond acceptors (Lipinski definition) is 3. The third-order valence-electron chi connectivity index (χ3n) is 5.27. The Morgan fingerprint density at radius 3 is 2.42 bits per heavy atom. The lowest BCUT2D eigenvalue weighted by atomic mass is 10.0. The van der Waals surface area contributed by atoms with E-state index in [1.165, 1.54) is 0 Å². The number of aromatic nitrogens is 3. The average Bonchev–Trinajstić information content (AvgIpc) is 3.23. The second-order valence-electron chi connectivity index (χ2n) is 7.41. The molecule has 0 unspecified atom stereocenters. The summed E-state index contributed by atoms with van der Waals surface area (Å²) in [6.45, 7) is 1.92. The molecule has 0 radical (unpaired) electrons. The van der Waals surface area contributed by atoms with Crippen molar-refractivity contribution in [3.8, 4) is 11.3 Å². The average molecular weight is 427 g/mol. The smallest absolute Gasteiger partial charge is 0.252 e. The maximum absolute atomic E-state index is 13.3. The number of rotatable bonds is 4. The van der Waals surface area contributed by atoms with Crippen LogP contribution < -0.4 is 5.32 Å². The minimum atomic E-state index is -0.286. The van der Waals surface area contributed by atoms with Crippen molar-refractivity contribution in [2.75, 3.05) is 0 Å². The third-order valence-corrected chi connectivity index (χ3v) is 5.52. The van der Waals surface area contributed by atoms with E-state index in [-0.39, 0.29) is 11.9 Å². The fourth-order valence-electron chi connectivity index (χ4n) is 3.65. The number of pyridine rings is 1. The summed E-state index contributed by atoms with van der Waals surface area (Å²) >= 11 is 6.03. The van der Waals surface area contributed by atoms with E-state index in [2.05, 4.69) is 15.3 Å². The van der Waals surface area contributed by atoms with E-state index in [1.807, 2.05) is 85.8 Å². The highest BCUT2D eigenvalue weighted by Gasteiger charge is 2.18. The van der Waals surface area contributed by atoms with Crippen LogP contribution in [0.25, 0.3) is 33.2 Å². The van der Waals surface area contributed by atoms with Gasteiger partial charge in [0.2, 0.25) is 0 Å². The van der Waals surface area contributed by atoms with Gasteiger partial charge < -0.3 is 10.3 Å². The van der Waals surface area contributed by atoms with E-state index in [1.54, 1.807) is 0 Å². The zero-order chi connectivity index (χ0) is 21.4. The first-order valence-corrected chi connectivity index (χ1v) is 10.4. The molecular weight excluding hydrogens is 408 g/mol. The molecule has 3 aromatic carbocycles. The summed E-state index contributed by atoms with van der Waals surface area (Å²) < 4.78 is 0. The van der Waals surface area contributed by atoms with Crippen LogP contribution in [0.2, 0.25) is 5.02 Å². The number of fused-ring (bicyclic) bond motifs is 2. The van der Waals surface area contributed by atoms with Crippen LogP contribution in [0.5, 0.6) is 0 Å². The number of benzene rings is 3. The van der Waals surface area contributed by atoms with Crippen molar-refractivity contribution in [2.45, 2.75) is 13.0 Å². The van der Waals surface area contributed by atoms with Gasteiger partial charge in [0.1, 0.15) is 5.82 Å². The topological polar surface area (TPSA) is 70.7 Å². The van der Waals surface area contributed by atoms with Gasteiger partial charge in [0.15, 0.2) is 0 Å². The van der Waals surface area contributed by atoms with Crippen LogP contribution in [0.4, 0.5) is 0 Å². The van der Waals surface area contributed by atoms with Crippen LogP contribution in [0, 0.1) is 0 Å². The number of para-hydroxylation sites is 3. The number of nitrogens with zero attached hydrogens (tertiary/aromatic N) is 2. The number of nitrogens with one attached hydrogen (secondary N) is 2. The third kappa shape index (κ3) is 3.76. The maximum Gasteiger partial charge on any atom is 0.252 e. The summed E-state index contributed by atoms with van der Waals surface area (Å²) in [5, 5.41) is 4.53. The first-order chi connectivity index (χ1) is 15.1. The molecule has 0 saturated carbocycles. The molecule has 1 atom stereocenters. The van der Waals surface area contributed by atoms with Crippen molar-refractivity contribution in [1.82, 2.24) is 20.3 Å². The van der Waals surface area contributed by atoms with Crippen LogP contribution in [-0.2, 0) is 0 Å². The van der Waals surface area contributed by atoms with Gasteiger partial charge in [0.25, 0.3) is 5.91 Å². The van der Waals surface area contributed by atoms with Crippen molar-refractivity contribution in [1.29, 1.82) is 0 Å². The minimum absolute atomic E-state index is 0.179. The number of carbonyl (C=O) groups excluding carboxylic acids is 1. The molecule has 2 heterocycles. The largest absolute Gasteiger partial charge is 0.342 e. The summed E-state index contributed by atoms with van der Waals surface area (Å²) in [5.74, 6) is 0.535. The number of H-pyrrole nitrogens is 1. The van der Waals surface area contributed by atoms with E-state index in [0.29, 0.717) is 16.4 Å². The summed E-state index contributed by atoms with van der Waals surface area (Å²) in [6.07, 6.45) is 0. The normalized spacial score (nSPS) is 12.2. The Balaban J connectivity index is 1.51. The molecule has 0 spiro atoms. The molecule has 0 aliphatic carbocycles. The van der Waals surface area contributed by atoms with Gasteiger partial charge >= 0.3 is 0 Å².